The molecular weight excluding hydrogens is 337 g/mol. The van der Waals surface area contributed by atoms with Gasteiger partial charge in [-0.1, -0.05) is 6.07 Å². The molecule has 0 aliphatic carbocycles. The summed E-state index contributed by atoms with van der Waals surface area (Å²) < 4.78 is 19.2. The Morgan fingerprint density at radius 3 is 2.73 bits per heavy atom. The molecule has 0 N–H and O–H groups in total. The van der Waals surface area contributed by atoms with Gasteiger partial charge in [-0.15, -0.1) is 0 Å². The van der Waals surface area contributed by atoms with Crippen molar-refractivity contribution >= 4 is 11.8 Å². The number of rotatable bonds is 3. The summed E-state index contributed by atoms with van der Waals surface area (Å²) >= 11 is 0. The van der Waals surface area contributed by atoms with Crippen molar-refractivity contribution in [2.45, 2.75) is 31.9 Å². The smallest absolute Gasteiger partial charge is 0.245 e. The predicted octanol–water partition coefficient (Wildman–Crippen LogP) is 1.36. The summed E-state index contributed by atoms with van der Waals surface area (Å²) in [6.07, 6.45) is 1.05. The lowest BCUT2D eigenvalue weighted by atomic mass is 10.1. The molecule has 2 saturated heterocycles. The van der Waals surface area contributed by atoms with Gasteiger partial charge >= 0.3 is 0 Å². The van der Waals surface area contributed by atoms with E-state index in [1.165, 1.54) is 19.1 Å². The number of carbonyl (C=O) groups excluding carboxylic acids is 2. The van der Waals surface area contributed by atoms with Gasteiger partial charge in [0.1, 0.15) is 23.7 Å². The summed E-state index contributed by atoms with van der Waals surface area (Å²) in [5, 5.41) is 0. The first kappa shape index (κ1) is 18.6. The van der Waals surface area contributed by atoms with Crippen LogP contribution < -0.4 is 4.74 Å². The third kappa shape index (κ3) is 4.33. The number of hydrogen-bond acceptors (Lipinski definition) is 4. The van der Waals surface area contributed by atoms with E-state index < -0.39 is 6.04 Å². The van der Waals surface area contributed by atoms with Crippen molar-refractivity contribution in [2.75, 3.05) is 39.8 Å². The summed E-state index contributed by atoms with van der Waals surface area (Å²) in [4.78, 5) is 30.7. The summed E-state index contributed by atoms with van der Waals surface area (Å²) in [6, 6.07) is 5.43. The van der Waals surface area contributed by atoms with Crippen LogP contribution in [0.4, 0.5) is 4.39 Å². The number of nitrogens with zero attached hydrogens (tertiary/aromatic N) is 3. The van der Waals surface area contributed by atoms with Crippen LogP contribution in [0.15, 0.2) is 24.3 Å². The summed E-state index contributed by atoms with van der Waals surface area (Å²) in [5.74, 6) is -0.102. The minimum absolute atomic E-state index is 0.0131. The van der Waals surface area contributed by atoms with Crippen LogP contribution >= 0.6 is 0 Å². The zero-order valence-electron chi connectivity index (χ0n) is 15.4. The molecule has 2 amide bonds. The topological polar surface area (TPSA) is 53.1 Å². The van der Waals surface area contributed by atoms with Crippen LogP contribution in [0.2, 0.25) is 0 Å². The van der Waals surface area contributed by atoms with Crippen LogP contribution in [0, 0.1) is 5.82 Å². The highest BCUT2D eigenvalue weighted by molar-refractivity contribution is 5.87. The molecule has 1 aromatic rings. The highest BCUT2D eigenvalue weighted by Crippen LogP contribution is 2.25. The average Bonchev–Trinajstić information content (AvgIpc) is 2.89. The Kier molecular flexibility index (Phi) is 5.76. The van der Waals surface area contributed by atoms with E-state index in [9.17, 15) is 14.0 Å². The maximum atomic E-state index is 13.4. The lowest BCUT2D eigenvalue weighted by Gasteiger charge is -2.28. The summed E-state index contributed by atoms with van der Waals surface area (Å²) in [6.45, 7) is 5.00. The van der Waals surface area contributed by atoms with Crippen LogP contribution in [0.3, 0.4) is 0 Å². The molecular formula is C19H26FN3O3. The summed E-state index contributed by atoms with van der Waals surface area (Å²) in [7, 11) is 2.05. The Balaban J connectivity index is 1.69. The van der Waals surface area contributed by atoms with Crippen LogP contribution in [0.25, 0.3) is 0 Å². The number of likely N-dealkylation sites (N-methyl/N-ethyl adjacent to an activating group) is 1. The van der Waals surface area contributed by atoms with Gasteiger partial charge in [0.15, 0.2) is 0 Å². The summed E-state index contributed by atoms with van der Waals surface area (Å²) in [5.41, 5.74) is 0. The monoisotopic (exact) mass is 363 g/mol. The minimum atomic E-state index is -0.505. The van der Waals surface area contributed by atoms with Crippen molar-refractivity contribution in [2.24, 2.45) is 0 Å². The van der Waals surface area contributed by atoms with Gasteiger partial charge in [-0.05, 0) is 32.1 Å². The number of ether oxygens (including phenoxy) is 1. The maximum Gasteiger partial charge on any atom is 0.245 e. The minimum Gasteiger partial charge on any atom is -0.488 e. The number of hydrogen-bond donors (Lipinski definition) is 0. The highest BCUT2D eigenvalue weighted by Gasteiger charge is 2.41. The third-order valence-corrected chi connectivity index (χ3v) is 5.08. The number of halogens is 1. The van der Waals surface area contributed by atoms with Crippen molar-refractivity contribution in [3.63, 3.8) is 0 Å². The molecule has 26 heavy (non-hydrogen) atoms. The molecule has 142 valence electrons. The van der Waals surface area contributed by atoms with Gasteiger partial charge in [-0.2, -0.15) is 0 Å². The number of benzene rings is 1. The van der Waals surface area contributed by atoms with Crippen molar-refractivity contribution in [1.29, 1.82) is 0 Å². The third-order valence-electron chi connectivity index (χ3n) is 5.08. The Morgan fingerprint density at radius 2 is 2.00 bits per heavy atom. The van der Waals surface area contributed by atoms with Crippen molar-refractivity contribution in [3.8, 4) is 5.75 Å². The SMILES string of the molecule is CC(=O)N1CC(Oc2cccc(F)c2)CC1C(=O)N1CCCN(C)CC1. The van der Waals surface area contributed by atoms with E-state index in [1.54, 1.807) is 17.0 Å². The fraction of sp³-hybridized carbons (Fsp3) is 0.579. The first-order valence-electron chi connectivity index (χ1n) is 9.11. The number of likely N-dealkylation sites (tertiary alicyclic amines) is 1. The Hall–Kier alpha value is -2.15. The van der Waals surface area contributed by atoms with Gasteiger partial charge in [-0.3, -0.25) is 9.59 Å². The van der Waals surface area contributed by atoms with Crippen molar-refractivity contribution in [1.82, 2.24) is 14.7 Å². The second kappa shape index (κ2) is 8.03. The Labute approximate surface area is 153 Å². The van der Waals surface area contributed by atoms with Crippen LogP contribution in [0.5, 0.6) is 5.75 Å². The standard InChI is InChI=1S/C19H26FN3O3/c1-14(24)23-13-17(26-16-6-3-5-15(20)11-16)12-18(23)19(25)22-8-4-7-21(2)9-10-22/h3,5-6,11,17-18H,4,7-10,12-13H2,1-2H3. The van der Waals surface area contributed by atoms with Crippen LogP contribution in [-0.2, 0) is 9.59 Å². The molecule has 6 nitrogen and oxygen atoms in total. The molecule has 2 aliphatic rings. The fourth-order valence-electron chi connectivity index (χ4n) is 3.68. The van der Waals surface area contributed by atoms with Gasteiger partial charge in [0.25, 0.3) is 0 Å². The molecule has 0 radical (unpaired) electrons. The molecule has 0 bridgehead atoms. The second-order valence-electron chi connectivity index (χ2n) is 7.10. The van der Waals surface area contributed by atoms with E-state index >= 15 is 0 Å². The quantitative estimate of drug-likeness (QED) is 0.814. The van der Waals surface area contributed by atoms with E-state index in [1.807, 2.05) is 11.9 Å². The van der Waals surface area contributed by atoms with Gasteiger partial charge in [-0.25, -0.2) is 4.39 Å². The van der Waals surface area contributed by atoms with Gasteiger partial charge in [0.2, 0.25) is 11.8 Å². The van der Waals surface area contributed by atoms with E-state index in [4.69, 9.17) is 4.74 Å². The fourth-order valence-corrected chi connectivity index (χ4v) is 3.68. The zero-order valence-corrected chi connectivity index (χ0v) is 15.4. The molecule has 2 atom stereocenters. The first-order chi connectivity index (χ1) is 12.4. The Bertz CT molecular complexity index is 669. The first-order valence-corrected chi connectivity index (χ1v) is 9.11. The van der Waals surface area contributed by atoms with Crippen molar-refractivity contribution < 1.29 is 18.7 Å². The number of amides is 2. The average molecular weight is 363 g/mol. The Morgan fingerprint density at radius 1 is 1.19 bits per heavy atom. The van der Waals surface area contributed by atoms with Crippen LogP contribution in [-0.4, -0.2) is 78.4 Å². The largest absolute Gasteiger partial charge is 0.488 e. The van der Waals surface area contributed by atoms with E-state index in [0.29, 0.717) is 31.8 Å². The van der Waals surface area contributed by atoms with Crippen molar-refractivity contribution in [3.05, 3.63) is 30.1 Å². The molecule has 2 unspecified atom stereocenters. The van der Waals surface area contributed by atoms with E-state index in [2.05, 4.69) is 4.90 Å². The molecule has 0 saturated carbocycles. The molecule has 0 spiro atoms. The van der Waals surface area contributed by atoms with Gasteiger partial charge < -0.3 is 19.4 Å². The zero-order chi connectivity index (χ0) is 18.7. The van der Waals surface area contributed by atoms with E-state index in [-0.39, 0.29) is 23.7 Å². The predicted molar refractivity (Wildman–Crippen MR) is 95.3 cm³/mol. The van der Waals surface area contributed by atoms with Crippen LogP contribution in [0.1, 0.15) is 19.8 Å². The molecule has 0 aromatic heterocycles. The molecule has 7 heteroatoms. The van der Waals surface area contributed by atoms with Gasteiger partial charge in [0.05, 0.1) is 6.54 Å². The molecule has 3 rings (SSSR count). The molecule has 2 heterocycles. The molecule has 1 aromatic carbocycles. The molecule has 2 fully saturated rings. The maximum absolute atomic E-state index is 13.4. The number of carbonyl (C=O) groups is 2. The van der Waals surface area contributed by atoms with Gasteiger partial charge in [0, 0.05) is 39.0 Å². The lowest BCUT2D eigenvalue weighted by molar-refractivity contribution is -0.142. The lowest BCUT2D eigenvalue weighted by Crippen LogP contribution is -2.48. The second-order valence-corrected chi connectivity index (χ2v) is 7.10. The highest BCUT2D eigenvalue weighted by atomic mass is 19.1. The van der Waals surface area contributed by atoms with E-state index in [0.717, 1.165) is 19.5 Å². The normalized spacial score (nSPS) is 24.4. The molecule has 2 aliphatic heterocycles.